The third-order valence-corrected chi connectivity index (χ3v) is 8.78. The molecule has 0 radical (unpaired) electrons. The van der Waals surface area contributed by atoms with Crippen LogP contribution in [-0.2, 0) is 61.5 Å². The molecular formula is C44H46O6. The van der Waals surface area contributed by atoms with E-state index in [-0.39, 0.29) is 0 Å². The fourth-order valence-electron chi connectivity index (χ4n) is 6.27. The smallest absolute Gasteiger partial charge is 0.116 e. The van der Waals surface area contributed by atoms with Crippen molar-refractivity contribution in [3.05, 3.63) is 192 Å². The SMILES string of the molecule is C=CCOC1C(OCc2ccccc2)[C@@H](OCc2ccccc2)C(OCc2ccccc2)C(OCc2ccccc2)[C@@H]1OCc1ccccc1. The lowest BCUT2D eigenvalue weighted by molar-refractivity contribution is -0.289. The molecule has 5 aromatic carbocycles. The molecule has 0 N–H and O–H groups in total. The molecule has 0 aliphatic heterocycles. The molecule has 6 rings (SSSR count). The van der Waals surface area contributed by atoms with Gasteiger partial charge in [0, 0.05) is 0 Å². The normalized spacial score (nSPS) is 21.8. The van der Waals surface area contributed by atoms with E-state index in [0.29, 0.717) is 39.6 Å². The maximum absolute atomic E-state index is 6.90. The van der Waals surface area contributed by atoms with Gasteiger partial charge in [0.05, 0.1) is 39.6 Å². The van der Waals surface area contributed by atoms with Gasteiger partial charge in [-0.1, -0.05) is 158 Å². The van der Waals surface area contributed by atoms with E-state index >= 15 is 0 Å². The summed E-state index contributed by atoms with van der Waals surface area (Å²) >= 11 is 0. The summed E-state index contributed by atoms with van der Waals surface area (Å²) in [6.45, 7) is 6.05. The van der Waals surface area contributed by atoms with Gasteiger partial charge in [0.15, 0.2) is 0 Å². The molecule has 0 saturated heterocycles. The standard InChI is InChI=1S/C44H46O6/c1-2-28-45-39-40(46-29-34-18-8-3-9-19-34)42(48-31-36-22-12-5-13-23-36)44(50-33-38-26-16-7-17-27-38)43(49-32-37-24-14-6-15-25-37)41(39)47-30-35-20-10-4-11-21-35/h2-27,39-44H,1,28-33H2/t39?,40-,41?,42?,43-,44?/m1/s1. The van der Waals surface area contributed by atoms with Crippen LogP contribution < -0.4 is 0 Å². The summed E-state index contributed by atoms with van der Waals surface area (Å²) in [5, 5.41) is 0. The van der Waals surface area contributed by atoms with Crippen LogP contribution in [0.3, 0.4) is 0 Å². The first kappa shape index (κ1) is 35.4. The first-order valence-electron chi connectivity index (χ1n) is 17.3. The molecule has 1 fully saturated rings. The molecule has 4 unspecified atom stereocenters. The van der Waals surface area contributed by atoms with Crippen molar-refractivity contribution >= 4 is 0 Å². The summed E-state index contributed by atoms with van der Waals surface area (Å²) < 4.78 is 41.0. The molecule has 1 aliphatic carbocycles. The second kappa shape index (κ2) is 19.1. The van der Waals surface area contributed by atoms with Crippen LogP contribution in [0.1, 0.15) is 27.8 Å². The molecule has 6 heteroatoms. The number of rotatable bonds is 18. The lowest BCUT2D eigenvalue weighted by Gasteiger charge is -2.49. The highest BCUT2D eigenvalue weighted by atomic mass is 16.6. The Labute approximate surface area is 296 Å². The van der Waals surface area contributed by atoms with Crippen molar-refractivity contribution in [1.82, 2.24) is 0 Å². The minimum absolute atomic E-state index is 0.299. The van der Waals surface area contributed by atoms with Gasteiger partial charge in [-0.3, -0.25) is 0 Å². The molecule has 0 spiro atoms. The van der Waals surface area contributed by atoms with Gasteiger partial charge >= 0.3 is 0 Å². The summed E-state index contributed by atoms with van der Waals surface area (Å²) in [4.78, 5) is 0. The van der Waals surface area contributed by atoms with Crippen LogP contribution in [0, 0.1) is 0 Å². The number of hydrogen-bond acceptors (Lipinski definition) is 6. The van der Waals surface area contributed by atoms with Crippen LogP contribution in [0.2, 0.25) is 0 Å². The van der Waals surface area contributed by atoms with Crippen molar-refractivity contribution < 1.29 is 28.4 Å². The minimum atomic E-state index is -0.576. The van der Waals surface area contributed by atoms with Crippen molar-refractivity contribution in [2.24, 2.45) is 0 Å². The number of benzene rings is 5. The lowest BCUT2D eigenvalue weighted by Crippen LogP contribution is -2.67. The van der Waals surface area contributed by atoms with Gasteiger partial charge in [-0.25, -0.2) is 0 Å². The van der Waals surface area contributed by atoms with Crippen molar-refractivity contribution in [1.29, 1.82) is 0 Å². The van der Waals surface area contributed by atoms with Gasteiger partial charge in [-0.05, 0) is 27.8 Å². The quantitative estimate of drug-likeness (QED) is 0.0872. The third kappa shape index (κ3) is 10.1. The summed E-state index contributed by atoms with van der Waals surface area (Å²) in [6.07, 6.45) is -1.69. The van der Waals surface area contributed by atoms with Gasteiger partial charge in [-0.2, -0.15) is 0 Å². The topological polar surface area (TPSA) is 55.4 Å². The summed E-state index contributed by atoms with van der Waals surface area (Å²) in [5.41, 5.74) is 5.22. The Morgan fingerprint density at radius 3 is 0.720 bits per heavy atom. The molecule has 0 amide bonds. The van der Waals surface area contributed by atoms with Crippen molar-refractivity contribution in [2.45, 2.75) is 69.7 Å². The zero-order chi connectivity index (χ0) is 34.2. The molecule has 0 aromatic heterocycles. The van der Waals surface area contributed by atoms with Crippen LogP contribution in [-0.4, -0.2) is 43.2 Å². The molecule has 0 bridgehead atoms. The highest BCUT2D eigenvalue weighted by molar-refractivity contribution is 5.18. The molecule has 258 valence electrons. The summed E-state index contributed by atoms with van der Waals surface area (Å²) in [6, 6.07) is 50.7. The second-order valence-corrected chi connectivity index (χ2v) is 12.4. The average Bonchev–Trinajstić information content (AvgIpc) is 3.18. The molecule has 6 nitrogen and oxygen atoms in total. The Morgan fingerprint density at radius 2 is 0.520 bits per heavy atom. The summed E-state index contributed by atoms with van der Waals surface area (Å²) in [5.74, 6) is 0. The van der Waals surface area contributed by atoms with Gasteiger partial charge in [-0.15, -0.1) is 6.58 Å². The zero-order valence-corrected chi connectivity index (χ0v) is 28.4. The Balaban J connectivity index is 1.40. The monoisotopic (exact) mass is 670 g/mol. The largest absolute Gasteiger partial charge is 0.369 e. The van der Waals surface area contributed by atoms with E-state index in [1.807, 2.05) is 91.0 Å². The minimum Gasteiger partial charge on any atom is -0.369 e. The maximum Gasteiger partial charge on any atom is 0.116 e. The second-order valence-electron chi connectivity index (χ2n) is 12.4. The first-order valence-corrected chi connectivity index (χ1v) is 17.3. The predicted octanol–water partition coefficient (Wildman–Crippen LogP) is 8.50. The van der Waals surface area contributed by atoms with Crippen LogP contribution in [0.5, 0.6) is 0 Å². The fraction of sp³-hybridized carbons (Fsp3) is 0.273. The Kier molecular flexibility index (Phi) is 13.5. The molecule has 1 aliphatic rings. The molecule has 1 saturated carbocycles. The van der Waals surface area contributed by atoms with Crippen LogP contribution >= 0.6 is 0 Å². The van der Waals surface area contributed by atoms with E-state index in [4.69, 9.17) is 28.4 Å². The van der Waals surface area contributed by atoms with E-state index in [2.05, 4.69) is 67.2 Å². The van der Waals surface area contributed by atoms with Crippen LogP contribution in [0.25, 0.3) is 0 Å². The highest BCUT2D eigenvalue weighted by Crippen LogP contribution is 2.36. The summed E-state index contributed by atoms with van der Waals surface area (Å²) in [7, 11) is 0. The Bertz CT molecular complexity index is 1550. The van der Waals surface area contributed by atoms with Gasteiger partial charge in [0.2, 0.25) is 0 Å². The van der Waals surface area contributed by atoms with E-state index in [9.17, 15) is 0 Å². The third-order valence-electron chi connectivity index (χ3n) is 8.78. The van der Waals surface area contributed by atoms with Crippen molar-refractivity contribution in [2.75, 3.05) is 6.61 Å². The Morgan fingerprint density at radius 1 is 0.320 bits per heavy atom. The zero-order valence-electron chi connectivity index (χ0n) is 28.4. The molecular weight excluding hydrogens is 624 g/mol. The van der Waals surface area contributed by atoms with Gasteiger partial charge in [0.25, 0.3) is 0 Å². The maximum atomic E-state index is 6.90. The fourth-order valence-corrected chi connectivity index (χ4v) is 6.27. The first-order chi connectivity index (χ1) is 24.8. The molecule has 50 heavy (non-hydrogen) atoms. The highest BCUT2D eigenvalue weighted by Gasteiger charge is 2.55. The van der Waals surface area contributed by atoms with Gasteiger partial charge < -0.3 is 28.4 Å². The van der Waals surface area contributed by atoms with E-state index in [0.717, 1.165) is 27.8 Å². The predicted molar refractivity (Wildman–Crippen MR) is 195 cm³/mol. The van der Waals surface area contributed by atoms with E-state index in [1.54, 1.807) is 6.08 Å². The van der Waals surface area contributed by atoms with Crippen molar-refractivity contribution in [3.8, 4) is 0 Å². The van der Waals surface area contributed by atoms with Crippen LogP contribution in [0.4, 0.5) is 0 Å². The number of hydrogen-bond donors (Lipinski definition) is 0. The van der Waals surface area contributed by atoms with Gasteiger partial charge in [0.1, 0.15) is 36.6 Å². The molecule has 6 atom stereocenters. The molecule has 0 heterocycles. The lowest BCUT2D eigenvalue weighted by atomic mass is 9.83. The number of ether oxygens (including phenoxy) is 6. The average molecular weight is 671 g/mol. The van der Waals surface area contributed by atoms with E-state index < -0.39 is 36.6 Å². The van der Waals surface area contributed by atoms with Crippen LogP contribution in [0.15, 0.2) is 164 Å². The Hall–Kier alpha value is -4.40. The van der Waals surface area contributed by atoms with Crippen molar-refractivity contribution in [3.63, 3.8) is 0 Å². The van der Waals surface area contributed by atoms with E-state index in [1.165, 1.54) is 0 Å². The molecule has 5 aromatic rings.